The Bertz CT molecular complexity index is 643. The van der Waals surface area contributed by atoms with Gasteiger partial charge in [-0.15, -0.1) is 0 Å². The summed E-state index contributed by atoms with van der Waals surface area (Å²) in [5, 5.41) is 0. The fourth-order valence-corrected chi connectivity index (χ4v) is 2.41. The number of pyridine rings is 1. The van der Waals surface area contributed by atoms with E-state index < -0.39 is 0 Å². The summed E-state index contributed by atoms with van der Waals surface area (Å²) in [6.45, 7) is 4.40. The average Bonchev–Trinajstić information content (AvgIpc) is 2.41. The van der Waals surface area contributed by atoms with Crippen LogP contribution in [0.2, 0.25) is 0 Å². The predicted octanol–water partition coefficient (Wildman–Crippen LogP) is 3.32. The molecule has 0 unspecified atom stereocenters. The molecule has 0 fully saturated rings. The summed E-state index contributed by atoms with van der Waals surface area (Å²) in [5.41, 5.74) is 7.87. The molecule has 0 aliphatic heterocycles. The van der Waals surface area contributed by atoms with E-state index in [9.17, 15) is 4.39 Å². The van der Waals surface area contributed by atoms with Crippen molar-refractivity contribution in [1.29, 1.82) is 0 Å². The van der Waals surface area contributed by atoms with Crippen molar-refractivity contribution in [2.45, 2.75) is 13.8 Å². The molecule has 2 N–H and O–H groups in total. The second kappa shape index (κ2) is 5.96. The van der Waals surface area contributed by atoms with Gasteiger partial charge in [-0.1, -0.05) is 24.4 Å². The number of halogens is 1. The maximum Gasteiger partial charge on any atom is 0.146 e. The number of hydrogen-bond acceptors (Lipinski definition) is 3. The Balaban J connectivity index is 2.62. The molecule has 3 nitrogen and oxygen atoms in total. The molecule has 0 bridgehead atoms. The number of hydrogen-bond donors (Lipinski definition) is 1. The number of nitrogens with zero attached hydrogens (tertiary/aromatic N) is 2. The third kappa shape index (κ3) is 2.63. The fraction of sp³-hybridized carbons (Fsp3) is 0.200. The van der Waals surface area contributed by atoms with Crippen LogP contribution in [-0.2, 0) is 0 Å². The van der Waals surface area contributed by atoms with Gasteiger partial charge < -0.3 is 10.6 Å². The van der Waals surface area contributed by atoms with Crippen LogP contribution in [0.3, 0.4) is 0 Å². The molecule has 0 spiro atoms. The lowest BCUT2D eigenvalue weighted by Crippen LogP contribution is -2.24. The van der Waals surface area contributed by atoms with Crippen LogP contribution < -0.4 is 10.6 Å². The quantitative estimate of drug-likeness (QED) is 0.877. The van der Waals surface area contributed by atoms with E-state index in [1.54, 1.807) is 29.3 Å². The Hall–Kier alpha value is -2.01. The van der Waals surface area contributed by atoms with E-state index in [2.05, 4.69) is 4.98 Å². The monoisotopic (exact) mass is 289 g/mol. The Morgan fingerprint density at radius 1 is 1.35 bits per heavy atom. The summed E-state index contributed by atoms with van der Waals surface area (Å²) in [4.78, 5) is 6.38. The molecular formula is C15H16FN3S. The molecule has 1 heterocycles. The Labute approximate surface area is 123 Å². The number of rotatable bonds is 4. The van der Waals surface area contributed by atoms with Gasteiger partial charge in [0, 0.05) is 12.7 Å². The van der Waals surface area contributed by atoms with E-state index in [-0.39, 0.29) is 10.8 Å². The van der Waals surface area contributed by atoms with E-state index in [1.807, 2.05) is 19.9 Å². The lowest BCUT2D eigenvalue weighted by atomic mass is 10.1. The third-order valence-electron chi connectivity index (χ3n) is 3.10. The molecule has 0 aliphatic carbocycles. The summed E-state index contributed by atoms with van der Waals surface area (Å²) < 4.78 is 14.0. The van der Waals surface area contributed by atoms with Crippen molar-refractivity contribution in [3.63, 3.8) is 0 Å². The van der Waals surface area contributed by atoms with Gasteiger partial charge in [0.25, 0.3) is 0 Å². The SMILES string of the molecule is CCN(c1ccccc1F)c1nccc(C)c1C(N)=S. The topological polar surface area (TPSA) is 42.2 Å². The molecular weight excluding hydrogens is 273 g/mol. The highest BCUT2D eigenvalue weighted by atomic mass is 32.1. The van der Waals surface area contributed by atoms with Crippen LogP contribution in [0, 0.1) is 12.7 Å². The van der Waals surface area contributed by atoms with Crippen LogP contribution in [0.1, 0.15) is 18.1 Å². The number of thiocarbonyl (C=S) groups is 1. The molecule has 0 aliphatic rings. The Morgan fingerprint density at radius 3 is 2.65 bits per heavy atom. The first kappa shape index (κ1) is 14.4. The smallest absolute Gasteiger partial charge is 0.146 e. The number of nitrogens with two attached hydrogens (primary N) is 1. The fourth-order valence-electron chi connectivity index (χ4n) is 2.16. The van der Waals surface area contributed by atoms with E-state index in [4.69, 9.17) is 18.0 Å². The van der Waals surface area contributed by atoms with Crippen molar-refractivity contribution in [2.75, 3.05) is 11.4 Å². The normalized spacial score (nSPS) is 10.3. The molecule has 0 radical (unpaired) electrons. The second-order valence-corrected chi connectivity index (χ2v) is 4.83. The lowest BCUT2D eigenvalue weighted by Gasteiger charge is -2.25. The minimum Gasteiger partial charge on any atom is -0.389 e. The van der Waals surface area contributed by atoms with Crippen molar-refractivity contribution < 1.29 is 4.39 Å². The molecule has 0 amide bonds. The second-order valence-electron chi connectivity index (χ2n) is 4.39. The molecule has 104 valence electrons. The van der Waals surface area contributed by atoms with E-state index in [0.29, 0.717) is 23.6 Å². The standard InChI is InChI=1S/C15H16FN3S/c1-3-19(12-7-5-4-6-11(12)16)15-13(14(17)20)10(2)8-9-18-15/h4-9H,3H2,1-2H3,(H2,17,20). The van der Waals surface area contributed by atoms with Crippen LogP contribution in [0.15, 0.2) is 36.5 Å². The van der Waals surface area contributed by atoms with Gasteiger partial charge in [0.05, 0.1) is 11.3 Å². The summed E-state index contributed by atoms with van der Waals surface area (Å²) in [7, 11) is 0. The van der Waals surface area contributed by atoms with Crippen LogP contribution >= 0.6 is 12.2 Å². The largest absolute Gasteiger partial charge is 0.389 e. The predicted molar refractivity (Wildman–Crippen MR) is 83.9 cm³/mol. The van der Waals surface area contributed by atoms with Gasteiger partial charge in [-0.05, 0) is 37.6 Å². The van der Waals surface area contributed by atoms with Crippen molar-refractivity contribution in [3.8, 4) is 0 Å². The molecule has 5 heteroatoms. The van der Waals surface area contributed by atoms with Crippen LogP contribution in [0.5, 0.6) is 0 Å². The third-order valence-corrected chi connectivity index (χ3v) is 3.30. The summed E-state index contributed by atoms with van der Waals surface area (Å²) >= 11 is 5.10. The van der Waals surface area contributed by atoms with E-state index in [0.717, 1.165) is 5.56 Å². The van der Waals surface area contributed by atoms with Gasteiger partial charge in [-0.3, -0.25) is 0 Å². The lowest BCUT2D eigenvalue weighted by molar-refractivity contribution is 0.625. The summed E-state index contributed by atoms with van der Waals surface area (Å²) in [6.07, 6.45) is 1.68. The van der Waals surface area contributed by atoms with Gasteiger partial charge in [0.15, 0.2) is 0 Å². The minimum atomic E-state index is -0.299. The summed E-state index contributed by atoms with van der Waals surface area (Å²) in [5.74, 6) is 0.289. The number of anilines is 2. The molecule has 1 aromatic heterocycles. The first-order valence-corrected chi connectivity index (χ1v) is 6.74. The van der Waals surface area contributed by atoms with Gasteiger partial charge in [0.1, 0.15) is 16.6 Å². The van der Waals surface area contributed by atoms with Crippen LogP contribution in [0.25, 0.3) is 0 Å². The summed E-state index contributed by atoms with van der Waals surface area (Å²) in [6, 6.07) is 8.43. The molecule has 0 saturated heterocycles. The van der Waals surface area contributed by atoms with Gasteiger partial charge in [-0.2, -0.15) is 0 Å². The van der Waals surface area contributed by atoms with E-state index >= 15 is 0 Å². The highest BCUT2D eigenvalue weighted by molar-refractivity contribution is 7.80. The molecule has 0 atom stereocenters. The van der Waals surface area contributed by atoms with Crippen LogP contribution in [-0.4, -0.2) is 16.5 Å². The number of para-hydroxylation sites is 1. The first-order valence-electron chi connectivity index (χ1n) is 6.33. The Kier molecular flexibility index (Phi) is 4.29. The number of aryl methyl sites for hydroxylation is 1. The molecule has 0 saturated carbocycles. The molecule has 1 aromatic carbocycles. The van der Waals surface area contributed by atoms with Gasteiger partial charge in [-0.25, -0.2) is 9.37 Å². The van der Waals surface area contributed by atoms with Crippen molar-refractivity contribution in [1.82, 2.24) is 4.98 Å². The Morgan fingerprint density at radius 2 is 2.05 bits per heavy atom. The van der Waals surface area contributed by atoms with Crippen LogP contribution in [0.4, 0.5) is 15.9 Å². The zero-order valence-corrected chi connectivity index (χ0v) is 12.2. The molecule has 2 rings (SSSR count). The number of aromatic nitrogens is 1. The number of benzene rings is 1. The van der Waals surface area contributed by atoms with Crippen molar-refractivity contribution in [3.05, 3.63) is 53.5 Å². The zero-order valence-electron chi connectivity index (χ0n) is 11.4. The maximum absolute atomic E-state index is 14.0. The average molecular weight is 289 g/mol. The first-order chi connectivity index (χ1) is 9.56. The highest BCUT2D eigenvalue weighted by Gasteiger charge is 2.19. The van der Waals surface area contributed by atoms with E-state index in [1.165, 1.54) is 6.07 Å². The van der Waals surface area contributed by atoms with Crippen molar-refractivity contribution >= 4 is 28.7 Å². The minimum absolute atomic E-state index is 0.264. The highest BCUT2D eigenvalue weighted by Crippen LogP contribution is 2.29. The maximum atomic E-state index is 14.0. The van der Waals surface area contributed by atoms with Crippen molar-refractivity contribution in [2.24, 2.45) is 5.73 Å². The molecule has 20 heavy (non-hydrogen) atoms. The zero-order chi connectivity index (χ0) is 14.7. The van der Waals surface area contributed by atoms with Gasteiger partial charge >= 0.3 is 0 Å². The molecule has 2 aromatic rings. The van der Waals surface area contributed by atoms with Gasteiger partial charge in [0.2, 0.25) is 0 Å².